The zero-order valence-electron chi connectivity index (χ0n) is 13.6. The molecule has 0 spiro atoms. The topological polar surface area (TPSA) is 103 Å². The number of rotatable bonds is 8. The van der Waals surface area contributed by atoms with Gasteiger partial charge in [0.15, 0.2) is 18.1 Å². The molecule has 2 amide bonds. The molecule has 0 aliphatic carbocycles. The van der Waals surface area contributed by atoms with E-state index in [0.717, 1.165) is 25.9 Å². The minimum atomic E-state index is -0.628. The lowest BCUT2D eigenvalue weighted by atomic mass is 10.1. The minimum absolute atomic E-state index is 0.181. The molecule has 1 aliphatic heterocycles. The molecule has 1 aromatic rings. The lowest BCUT2D eigenvalue weighted by Crippen LogP contribution is -2.26. The predicted octanol–water partition coefficient (Wildman–Crippen LogP) is 0.942. The summed E-state index contributed by atoms with van der Waals surface area (Å²) in [5.41, 5.74) is 5.42. The fraction of sp³-hybridized carbons (Fsp3) is 0.500. The van der Waals surface area contributed by atoms with E-state index in [2.05, 4.69) is 10.6 Å². The van der Waals surface area contributed by atoms with Crippen molar-refractivity contribution >= 4 is 23.4 Å². The first kappa shape index (κ1) is 18.4. The highest BCUT2D eigenvalue weighted by atomic mass is 35.5. The summed E-state index contributed by atoms with van der Waals surface area (Å²) >= 11 is 6.13. The number of benzene rings is 1. The van der Waals surface area contributed by atoms with E-state index in [0.29, 0.717) is 18.0 Å². The molecule has 0 bridgehead atoms. The molecule has 1 aliphatic rings. The van der Waals surface area contributed by atoms with Crippen LogP contribution in [0, 0.1) is 5.92 Å². The summed E-state index contributed by atoms with van der Waals surface area (Å²) in [7, 11) is 1.43. The maximum Gasteiger partial charge on any atom is 0.255 e. The molecule has 8 heteroatoms. The van der Waals surface area contributed by atoms with Crippen LogP contribution in [0.5, 0.6) is 11.5 Å². The second-order valence-electron chi connectivity index (χ2n) is 5.65. The molecule has 0 radical (unpaired) electrons. The van der Waals surface area contributed by atoms with Gasteiger partial charge in [0.1, 0.15) is 0 Å². The van der Waals surface area contributed by atoms with Gasteiger partial charge in [-0.05, 0) is 44.0 Å². The van der Waals surface area contributed by atoms with Gasteiger partial charge in [-0.1, -0.05) is 11.6 Å². The molecule has 1 unspecified atom stereocenters. The number of nitrogens with two attached hydrogens (primary N) is 1. The average Bonchev–Trinajstić information content (AvgIpc) is 3.06. The molecule has 1 heterocycles. The summed E-state index contributed by atoms with van der Waals surface area (Å²) in [6.45, 7) is 2.32. The van der Waals surface area contributed by atoms with Gasteiger partial charge in [-0.3, -0.25) is 9.59 Å². The number of primary amides is 1. The highest BCUT2D eigenvalue weighted by molar-refractivity contribution is 6.32. The number of ether oxygens (including phenoxy) is 2. The molecule has 132 valence electrons. The van der Waals surface area contributed by atoms with E-state index >= 15 is 0 Å². The normalized spacial score (nSPS) is 16.7. The Hall–Kier alpha value is -1.99. The Morgan fingerprint density at radius 3 is 2.88 bits per heavy atom. The second kappa shape index (κ2) is 8.75. The second-order valence-corrected chi connectivity index (χ2v) is 6.06. The van der Waals surface area contributed by atoms with Gasteiger partial charge in [0.25, 0.3) is 11.8 Å². The van der Waals surface area contributed by atoms with Crippen molar-refractivity contribution in [3.63, 3.8) is 0 Å². The van der Waals surface area contributed by atoms with Crippen LogP contribution < -0.4 is 25.8 Å². The van der Waals surface area contributed by atoms with Crippen LogP contribution in [0.15, 0.2) is 12.1 Å². The molecule has 1 atom stereocenters. The predicted molar refractivity (Wildman–Crippen MR) is 90.6 cm³/mol. The van der Waals surface area contributed by atoms with Gasteiger partial charge >= 0.3 is 0 Å². The lowest BCUT2D eigenvalue weighted by molar-refractivity contribution is -0.119. The van der Waals surface area contributed by atoms with Gasteiger partial charge in [0.2, 0.25) is 0 Å². The van der Waals surface area contributed by atoms with Gasteiger partial charge in [0.05, 0.1) is 12.1 Å². The monoisotopic (exact) mass is 355 g/mol. The molecular weight excluding hydrogens is 334 g/mol. The average molecular weight is 356 g/mol. The Balaban J connectivity index is 1.99. The van der Waals surface area contributed by atoms with Crippen molar-refractivity contribution in [3.8, 4) is 11.5 Å². The van der Waals surface area contributed by atoms with E-state index in [-0.39, 0.29) is 29.0 Å². The minimum Gasteiger partial charge on any atom is -0.493 e. The van der Waals surface area contributed by atoms with Crippen molar-refractivity contribution in [2.24, 2.45) is 11.7 Å². The van der Waals surface area contributed by atoms with E-state index in [9.17, 15) is 9.59 Å². The third-order valence-corrected chi connectivity index (χ3v) is 4.13. The Morgan fingerprint density at radius 2 is 2.25 bits per heavy atom. The number of carbonyl (C=O) groups excluding carboxylic acids is 2. The number of nitrogens with one attached hydrogen (secondary N) is 2. The standard InChI is InChI=1S/C16H22ClN3O4/c1-23-13-7-11(6-12(17)15(13)24-9-14(18)21)16(22)20-5-3-10-2-4-19-8-10/h6-7,10,19H,2-5,8-9H2,1H3,(H2,18,21)(H,20,22). The molecule has 1 saturated heterocycles. The maximum atomic E-state index is 12.3. The quantitative estimate of drug-likeness (QED) is 0.644. The zero-order chi connectivity index (χ0) is 17.5. The van der Waals surface area contributed by atoms with E-state index in [1.807, 2.05) is 0 Å². The van der Waals surface area contributed by atoms with Crippen LogP contribution in [0.25, 0.3) is 0 Å². The highest BCUT2D eigenvalue weighted by Gasteiger charge is 2.18. The van der Waals surface area contributed by atoms with Gasteiger partial charge in [0, 0.05) is 12.1 Å². The molecule has 4 N–H and O–H groups in total. The van der Waals surface area contributed by atoms with E-state index in [1.54, 1.807) is 0 Å². The molecule has 2 rings (SSSR count). The molecule has 0 saturated carbocycles. The third kappa shape index (κ3) is 5.01. The molecule has 1 aromatic carbocycles. The van der Waals surface area contributed by atoms with E-state index in [1.165, 1.54) is 19.2 Å². The van der Waals surface area contributed by atoms with Crippen molar-refractivity contribution in [3.05, 3.63) is 22.7 Å². The Morgan fingerprint density at radius 1 is 1.46 bits per heavy atom. The van der Waals surface area contributed by atoms with Gasteiger partial charge in [-0.15, -0.1) is 0 Å². The van der Waals surface area contributed by atoms with E-state index < -0.39 is 5.91 Å². The maximum absolute atomic E-state index is 12.3. The number of hydrogen-bond donors (Lipinski definition) is 3. The number of halogens is 1. The third-order valence-electron chi connectivity index (χ3n) is 3.85. The van der Waals surface area contributed by atoms with Gasteiger partial charge in [-0.2, -0.15) is 0 Å². The largest absolute Gasteiger partial charge is 0.493 e. The lowest BCUT2D eigenvalue weighted by Gasteiger charge is -2.14. The van der Waals surface area contributed by atoms with Crippen LogP contribution in [-0.2, 0) is 4.79 Å². The first-order valence-electron chi connectivity index (χ1n) is 7.78. The summed E-state index contributed by atoms with van der Waals surface area (Å²) in [4.78, 5) is 23.1. The Bertz CT molecular complexity index is 603. The fourth-order valence-electron chi connectivity index (χ4n) is 2.59. The van der Waals surface area contributed by atoms with Crippen molar-refractivity contribution in [2.45, 2.75) is 12.8 Å². The molecular formula is C16H22ClN3O4. The number of carbonyl (C=O) groups is 2. The smallest absolute Gasteiger partial charge is 0.255 e. The van der Waals surface area contributed by atoms with Crippen LogP contribution in [0.3, 0.4) is 0 Å². The van der Waals surface area contributed by atoms with Crippen molar-refractivity contribution < 1.29 is 19.1 Å². The summed E-state index contributed by atoms with van der Waals surface area (Å²) in [5, 5.41) is 6.36. The highest BCUT2D eigenvalue weighted by Crippen LogP contribution is 2.36. The summed E-state index contributed by atoms with van der Waals surface area (Å²) in [6.07, 6.45) is 2.07. The summed E-state index contributed by atoms with van der Waals surface area (Å²) in [5.74, 6) is 0.201. The first-order valence-corrected chi connectivity index (χ1v) is 8.16. The molecule has 1 fully saturated rings. The van der Waals surface area contributed by atoms with E-state index in [4.69, 9.17) is 26.8 Å². The van der Waals surface area contributed by atoms with Crippen LogP contribution in [0.1, 0.15) is 23.2 Å². The number of amides is 2. The Labute approximate surface area is 145 Å². The number of hydrogen-bond acceptors (Lipinski definition) is 5. The first-order chi connectivity index (χ1) is 11.5. The van der Waals surface area contributed by atoms with Crippen molar-refractivity contribution in [1.82, 2.24) is 10.6 Å². The Kier molecular flexibility index (Phi) is 6.69. The molecule has 24 heavy (non-hydrogen) atoms. The van der Waals surface area contributed by atoms with Crippen LogP contribution >= 0.6 is 11.6 Å². The zero-order valence-corrected chi connectivity index (χ0v) is 14.3. The summed E-state index contributed by atoms with van der Waals surface area (Å²) < 4.78 is 10.4. The number of methoxy groups -OCH3 is 1. The van der Waals surface area contributed by atoms with Crippen molar-refractivity contribution in [1.29, 1.82) is 0 Å². The van der Waals surface area contributed by atoms with Crippen molar-refractivity contribution in [2.75, 3.05) is 33.4 Å². The molecule has 0 aromatic heterocycles. The van der Waals surface area contributed by atoms with Crippen LogP contribution in [-0.4, -0.2) is 45.2 Å². The SMILES string of the molecule is COc1cc(C(=O)NCCC2CCNC2)cc(Cl)c1OCC(N)=O. The summed E-state index contributed by atoms with van der Waals surface area (Å²) in [6, 6.07) is 3.00. The van der Waals surface area contributed by atoms with Crippen LogP contribution in [0.4, 0.5) is 0 Å². The fourth-order valence-corrected chi connectivity index (χ4v) is 2.85. The van der Waals surface area contributed by atoms with Gasteiger partial charge in [-0.25, -0.2) is 0 Å². The van der Waals surface area contributed by atoms with Crippen LogP contribution in [0.2, 0.25) is 5.02 Å². The van der Waals surface area contributed by atoms with Gasteiger partial charge < -0.3 is 25.8 Å². The molecule has 7 nitrogen and oxygen atoms in total.